The Bertz CT molecular complexity index is 1000. The lowest BCUT2D eigenvalue weighted by Gasteiger charge is -2.61. The Labute approximate surface area is 176 Å². The van der Waals surface area contributed by atoms with Gasteiger partial charge in [-0.15, -0.1) is 0 Å². The molecule has 5 fully saturated rings. The third-order valence-electron chi connectivity index (χ3n) is 8.97. The fraction of sp³-hybridized carbons (Fsp3) is 0.583. The van der Waals surface area contributed by atoms with Crippen molar-refractivity contribution >= 4 is 17.6 Å². The summed E-state index contributed by atoms with van der Waals surface area (Å²) in [6.07, 6.45) is 3.33. The van der Waals surface area contributed by atoms with Crippen molar-refractivity contribution in [2.45, 2.75) is 56.3 Å². The highest BCUT2D eigenvalue weighted by molar-refractivity contribution is 5.85. The lowest BCUT2D eigenvalue weighted by atomic mass is 9.58. The van der Waals surface area contributed by atoms with Crippen molar-refractivity contribution in [2.75, 3.05) is 25.6 Å². The van der Waals surface area contributed by atoms with Crippen LogP contribution in [0.4, 0.5) is 5.69 Å². The molecule has 6 heteroatoms. The highest BCUT2D eigenvalue weighted by Gasteiger charge is 2.84. The lowest BCUT2D eigenvalue weighted by molar-refractivity contribution is -0.187. The quantitative estimate of drug-likeness (QED) is 0.553. The molecule has 7 rings (SSSR count). The zero-order chi connectivity index (χ0) is 21.0. The molecule has 6 nitrogen and oxygen atoms in total. The van der Waals surface area contributed by atoms with Gasteiger partial charge in [0.25, 0.3) is 0 Å². The predicted octanol–water partition coefficient (Wildman–Crippen LogP) is 2.27. The van der Waals surface area contributed by atoms with Gasteiger partial charge in [-0.2, -0.15) is 0 Å². The summed E-state index contributed by atoms with van der Waals surface area (Å²) in [5.41, 5.74) is 2.43. The molecule has 0 N–H and O–H groups in total. The smallest absolute Gasteiger partial charge is 0.317 e. The number of methoxy groups -OCH3 is 1. The Kier molecular flexibility index (Phi) is 3.48. The summed E-state index contributed by atoms with van der Waals surface area (Å²) >= 11 is 0. The highest BCUT2D eigenvalue weighted by Crippen LogP contribution is 2.73. The SMILES string of the molecule is CC=C1CN2[C@H]3C[C@@]45c6ccccc6N(C)[C@@H]4[C@@H]2C[C@@H]1[C@]3(C(=O)OC)[C@H]5OC(C)=O. The number of allylic oxidation sites excluding steroid dienone is 1. The molecule has 5 bridgehead atoms. The number of hydrogen-bond acceptors (Lipinski definition) is 6. The largest absolute Gasteiger partial charge is 0.468 e. The van der Waals surface area contributed by atoms with Gasteiger partial charge >= 0.3 is 11.9 Å². The van der Waals surface area contributed by atoms with Crippen molar-refractivity contribution < 1.29 is 19.1 Å². The topological polar surface area (TPSA) is 59.1 Å². The van der Waals surface area contributed by atoms with Crippen LogP contribution in [0.25, 0.3) is 0 Å². The number of hydrogen-bond donors (Lipinski definition) is 0. The van der Waals surface area contributed by atoms with Crippen molar-refractivity contribution in [1.29, 1.82) is 0 Å². The van der Waals surface area contributed by atoms with Crippen LogP contribution in [0.5, 0.6) is 0 Å². The van der Waals surface area contributed by atoms with E-state index in [1.54, 1.807) is 0 Å². The fourth-order valence-electron chi connectivity index (χ4n) is 8.30. The molecule has 1 aromatic carbocycles. The molecule has 1 aliphatic carbocycles. The Hall–Kier alpha value is -2.34. The number of likely N-dealkylation sites (N-methyl/N-ethyl adjacent to an activating group) is 1. The Balaban J connectivity index is 1.69. The lowest BCUT2D eigenvalue weighted by Crippen LogP contribution is -2.71. The fourth-order valence-corrected chi connectivity index (χ4v) is 8.30. The summed E-state index contributed by atoms with van der Waals surface area (Å²) in [5, 5.41) is 0. The zero-order valence-electron chi connectivity index (χ0n) is 17.9. The van der Waals surface area contributed by atoms with Crippen molar-refractivity contribution in [1.82, 2.24) is 4.90 Å². The van der Waals surface area contributed by atoms with Gasteiger partial charge in [-0.25, -0.2) is 0 Å². The average Bonchev–Trinajstić information content (AvgIpc) is 3.14. The van der Waals surface area contributed by atoms with E-state index < -0.39 is 16.9 Å². The highest BCUT2D eigenvalue weighted by atomic mass is 16.6. The molecular weight excluding hydrogens is 380 g/mol. The summed E-state index contributed by atoms with van der Waals surface area (Å²) in [5.74, 6) is -0.506. The van der Waals surface area contributed by atoms with Crippen LogP contribution >= 0.6 is 0 Å². The van der Waals surface area contributed by atoms with E-state index in [2.05, 4.69) is 54.1 Å². The standard InChI is InChI=1S/C24H28N2O4/c1-5-14-12-26-18-10-16(14)24(22(28)29-4)19(26)11-23(21(24)30-13(2)27)15-8-6-7-9-17(15)25(3)20(18)23/h5-9,16,18-21H,10-12H2,1-4H3/t16-,18-,19-,20+,21-,23+,24+/m0/s1. The number of ether oxygens (including phenoxy) is 2. The number of carbonyl (C=O) groups excluding carboxylic acids is 2. The molecule has 5 aliphatic heterocycles. The van der Waals surface area contributed by atoms with Crippen LogP contribution in [-0.4, -0.2) is 61.8 Å². The van der Waals surface area contributed by atoms with Crippen LogP contribution in [0.15, 0.2) is 35.9 Å². The van der Waals surface area contributed by atoms with Gasteiger partial charge in [0.2, 0.25) is 0 Å². The number of benzene rings is 1. The third kappa shape index (κ3) is 1.71. The molecular formula is C24H28N2O4. The molecule has 0 aromatic heterocycles. The first-order valence-corrected chi connectivity index (χ1v) is 10.9. The molecule has 5 heterocycles. The van der Waals surface area contributed by atoms with E-state index in [0.717, 1.165) is 19.4 Å². The molecule has 8 atom stereocenters. The summed E-state index contributed by atoms with van der Waals surface area (Å²) in [6.45, 7) is 4.40. The Morgan fingerprint density at radius 1 is 1.27 bits per heavy atom. The average molecular weight is 408 g/mol. The first-order valence-electron chi connectivity index (χ1n) is 10.9. The molecule has 1 spiro atoms. The van der Waals surface area contributed by atoms with Gasteiger partial charge in [0.15, 0.2) is 0 Å². The number of anilines is 1. The third-order valence-corrected chi connectivity index (χ3v) is 8.97. The second-order valence-electron chi connectivity index (χ2n) is 9.64. The van der Waals surface area contributed by atoms with Gasteiger partial charge in [-0.05, 0) is 31.4 Å². The van der Waals surface area contributed by atoms with E-state index in [4.69, 9.17) is 9.47 Å². The van der Waals surface area contributed by atoms with E-state index in [9.17, 15) is 9.59 Å². The van der Waals surface area contributed by atoms with Crippen molar-refractivity contribution in [3.05, 3.63) is 41.5 Å². The van der Waals surface area contributed by atoms with Crippen LogP contribution in [0.2, 0.25) is 0 Å². The van der Waals surface area contributed by atoms with Gasteiger partial charge in [-0.3, -0.25) is 14.5 Å². The van der Waals surface area contributed by atoms with E-state index in [1.165, 1.54) is 30.9 Å². The monoisotopic (exact) mass is 408 g/mol. The van der Waals surface area contributed by atoms with Gasteiger partial charge in [0, 0.05) is 44.2 Å². The minimum atomic E-state index is -0.857. The van der Waals surface area contributed by atoms with Gasteiger partial charge in [0.05, 0.1) is 18.6 Å². The maximum Gasteiger partial charge on any atom is 0.317 e. The number of carbonyl (C=O) groups is 2. The van der Waals surface area contributed by atoms with E-state index in [1.807, 2.05) is 0 Å². The van der Waals surface area contributed by atoms with Crippen LogP contribution in [-0.2, 0) is 24.5 Å². The first kappa shape index (κ1) is 18.4. The number of rotatable bonds is 2. The molecule has 158 valence electrons. The van der Waals surface area contributed by atoms with Crippen molar-refractivity contribution in [2.24, 2.45) is 11.3 Å². The molecule has 1 aromatic rings. The second-order valence-corrected chi connectivity index (χ2v) is 9.64. The zero-order valence-corrected chi connectivity index (χ0v) is 17.9. The molecule has 0 radical (unpaired) electrons. The maximum absolute atomic E-state index is 13.7. The Morgan fingerprint density at radius 3 is 2.73 bits per heavy atom. The van der Waals surface area contributed by atoms with Gasteiger partial charge in [-0.1, -0.05) is 29.8 Å². The molecule has 1 saturated carbocycles. The summed E-state index contributed by atoms with van der Waals surface area (Å²) < 4.78 is 11.7. The molecule has 0 amide bonds. The molecule has 6 aliphatic rings. The maximum atomic E-state index is 13.7. The van der Waals surface area contributed by atoms with Gasteiger partial charge in [0.1, 0.15) is 11.5 Å². The van der Waals surface area contributed by atoms with Crippen molar-refractivity contribution in [3.8, 4) is 0 Å². The minimum Gasteiger partial charge on any atom is -0.468 e. The van der Waals surface area contributed by atoms with Crippen LogP contribution in [0.1, 0.15) is 32.3 Å². The second kappa shape index (κ2) is 5.67. The van der Waals surface area contributed by atoms with Crippen LogP contribution in [0.3, 0.4) is 0 Å². The number of fused-ring (bicyclic) bond motifs is 2. The van der Waals surface area contributed by atoms with Gasteiger partial charge < -0.3 is 14.4 Å². The van der Waals surface area contributed by atoms with Crippen LogP contribution in [0, 0.1) is 11.3 Å². The number of esters is 2. The number of piperidine rings is 4. The number of para-hydroxylation sites is 1. The van der Waals surface area contributed by atoms with Crippen molar-refractivity contribution in [3.63, 3.8) is 0 Å². The first-order chi connectivity index (χ1) is 14.4. The molecule has 30 heavy (non-hydrogen) atoms. The van der Waals surface area contributed by atoms with E-state index >= 15 is 0 Å². The van der Waals surface area contributed by atoms with E-state index in [-0.39, 0.29) is 29.9 Å². The summed E-state index contributed by atoms with van der Waals surface area (Å²) in [4.78, 5) is 31.0. The molecule has 1 unspecified atom stereocenters. The predicted molar refractivity (Wildman–Crippen MR) is 111 cm³/mol. The van der Waals surface area contributed by atoms with E-state index in [0.29, 0.717) is 6.04 Å². The Morgan fingerprint density at radius 2 is 2.03 bits per heavy atom. The normalized spacial score (nSPS) is 45.5. The minimum absolute atomic E-state index is 0.0255. The summed E-state index contributed by atoms with van der Waals surface area (Å²) in [6, 6.07) is 8.99. The summed E-state index contributed by atoms with van der Waals surface area (Å²) in [7, 11) is 3.63. The van der Waals surface area contributed by atoms with Crippen LogP contribution < -0.4 is 4.90 Å². The molecule has 4 saturated heterocycles. The number of nitrogens with zero attached hydrogens (tertiary/aromatic N) is 2.